The van der Waals surface area contributed by atoms with Crippen molar-refractivity contribution in [2.24, 2.45) is 0 Å². The van der Waals surface area contributed by atoms with E-state index in [1.807, 2.05) is 30.3 Å². The maximum absolute atomic E-state index is 13.2. The van der Waals surface area contributed by atoms with E-state index in [4.69, 9.17) is 9.15 Å². The number of furan rings is 1. The predicted molar refractivity (Wildman–Crippen MR) is 100 cm³/mol. The first-order valence-electron chi connectivity index (χ1n) is 8.28. The lowest BCUT2D eigenvalue weighted by molar-refractivity contribution is 0.0972. The molecular formula is C21H17NO4. The van der Waals surface area contributed by atoms with Crippen molar-refractivity contribution in [3.63, 3.8) is 0 Å². The van der Waals surface area contributed by atoms with Crippen LogP contribution in [0.25, 0.3) is 21.9 Å². The summed E-state index contributed by atoms with van der Waals surface area (Å²) in [7, 11) is 1.51. The molecule has 2 aromatic carbocycles. The molecule has 0 radical (unpaired) electrons. The molecular weight excluding hydrogens is 330 g/mol. The fraction of sp³-hybridized carbons (Fsp3) is 0.143. The Balaban J connectivity index is 2.00. The Labute approximate surface area is 149 Å². The number of ketones is 1. The minimum atomic E-state index is -0.295. The molecule has 0 amide bonds. The molecule has 0 saturated carbocycles. The second kappa shape index (κ2) is 6.19. The van der Waals surface area contributed by atoms with Gasteiger partial charge in [-0.05, 0) is 19.1 Å². The lowest BCUT2D eigenvalue weighted by Gasteiger charge is -2.10. The zero-order chi connectivity index (χ0) is 18.3. The third kappa shape index (κ3) is 2.40. The number of fused-ring (bicyclic) bond motifs is 3. The van der Waals surface area contributed by atoms with Gasteiger partial charge in [-0.15, -0.1) is 0 Å². The number of ether oxygens (including phenoxy) is 1. The van der Waals surface area contributed by atoms with Crippen molar-refractivity contribution in [3.8, 4) is 5.75 Å². The van der Waals surface area contributed by atoms with Crippen molar-refractivity contribution < 1.29 is 13.9 Å². The van der Waals surface area contributed by atoms with Crippen molar-refractivity contribution in [2.75, 3.05) is 7.11 Å². The summed E-state index contributed by atoms with van der Waals surface area (Å²) in [4.78, 5) is 25.9. The minimum Gasteiger partial charge on any atom is -0.492 e. The van der Waals surface area contributed by atoms with Crippen LogP contribution in [0.3, 0.4) is 0 Å². The highest BCUT2D eigenvalue weighted by atomic mass is 16.5. The Hall–Kier alpha value is -3.34. The Bertz CT molecular complexity index is 1190. The van der Waals surface area contributed by atoms with E-state index in [2.05, 4.69) is 0 Å². The van der Waals surface area contributed by atoms with Crippen LogP contribution in [0, 0.1) is 6.92 Å². The third-order valence-electron chi connectivity index (χ3n) is 4.53. The van der Waals surface area contributed by atoms with E-state index in [1.165, 1.54) is 11.7 Å². The minimum absolute atomic E-state index is 0.0489. The van der Waals surface area contributed by atoms with Crippen LogP contribution in [0.2, 0.25) is 0 Å². The van der Waals surface area contributed by atoms with Gasteiger partial charge in [-0.1, -0.05) is 42.5 Å². The van der Waals surface area contributed by atoms with Crippen LogP contribution >= 0.6 is 0 Å². The SMILES string of the molecule is COc1c(C)oc2c1c(=O)n(CC(=O)c1ccccc1)c1ccccc21. The summed E-state index contributed by atoms with van der Waals surface area (Å²) in [5.74, 6) is 0.824. The second-order valence-electron chi connectivity index (χ2n) is 6.09. The molecule has 0 aliphatic rings. The molecule has 4 aromatic rings. The summed E-state index contributed by atoms with van der Waals surface area (Å²) in [6, 6.07) is 16.4. The Morgan fingerprint density at radius 1 is 1.08 bits per heavy atom. The van der Waals surface area contributed by atoms with Crippen LogP contribution < -0.4 is 10.3 Å². The average molecular weight is 347 g/mol. The number of carbonyl (C=O) groups is 1. The number of nitrogens with zero attached hydrogens (tertiary/aromatic N) is 1. The van der Waals surface area contributed by atoms with Gasteiger partial charge in [-0.3, -0.25) is 14.2 Å². The van der Waals surface area contributed by atoms with Crippen LogP contribution in [-0.2, 0) is 6.54 Å². The van der Waals surface area contributed by atoms with Crippen molar-refractivity contribution >= 4 is 27.7 Å². The normalized spacial score (nSPS) is 11.2. The van der Waals surface area contributed by atoms with E-state index in [-0.39, 0.29) is 17.9 Å². The first-order chi connectivity index (χ1) is 12.6. The molecule has 2 aromatic heterocycles. The molecule has 2 heterocycles. The first-order valence-corrected chi connectivity index (χ1v) is 8.28. The Kier molecular flexibility index (Phi) is 3.84. The van der Waals surface area contributed by atoms with Crippen molar-refractivity contribution in [1.29, 1.82) is 0 Å². The molecule has 0 aliphatic heterocycles. The van der Waals surface area contributed by atoms with E-state index in [9.17, 15) is 9.59 Å². The highest BCUT2D eigenvalue weighted by Crippen LogP contribution is 2.34. The van der Waals surface area contributed by atoms with Gasteiger partial charge in [0.25, 0.3) is 5.56 Å². The van der Waals surface area contributed by atoms with Gasteiger partial charge in [-0.25, -0.2) is 0 Å². The Morgan fingerprint density at radius 3 is 2.50 bits per heavy atom. The van der Waals surface area contributed by atoms with Gasteiger partial charge in [0.2, 0.25) is 0 Å². The largest absolute Gasteiger partial charge is 0.492 e. The monoisotopic (exact) mass is 347 g/mol. The Morgan fingerprint density at radius 2 is 1.77 bits per heavy atom. The highest BCUT2D eigenvalue weighted by molar-refractivity contribution is 6.05. The fourth-order valence-electron chi connectivity index (χ4n) is 3.32. The summed E-state index contributed by atoms with van der Waals surface area (Å²) >= 11 is 0. The molecule has 5 heteroatoms. The van der Waals surface area contributed by atoms with Crippen LogP contribution in [0.5, 0.6) is 5.75 Å². The van der Waals surface area contributed by atoms with Gasteiger partial charge in [0.15, 0.2) is 17.1 Å². The highest BCUT2D eigenvalue weighted by Gasteiger charge is 2.21. The molecule has 5 nitrogen and oxygen atoms in total. The number of hydrogen-bond donors (Lipinski definition) is 0. The van der Waals surface area contributed by atoms with Gasteiger partial charge in [0.1, 0.15) is 11.1 Å². The van der Waals surface area contributed by atoms with Crippen molar-refractivity contribution in [1.82, 2.24) is 4.57 Å². The fourth-order valence-corrected chi connectivity index (χ4v) is 3.32. The molecule has 0 unspecified atom stereocenters. The van der Waals surface area contributed by atoms with E-state index in [0.29, 0.717) is 33.6 Å². The van der Waals surface area contributed by atoms with Crippen LogP contribution in [-0.4, -0.2) is 17.5 Å². The third-order valence-corrected chi connectivity index (χ3v) is 4.53. The number of aromatic nitrogens is 1. The van der Waals surface area contributed by atoms with Crippen LogP contribution in [0.15, 0.2) is 63.8 Å². The second-order valence-corrected chi connectivity index (χ2v) is 6.09. The maximum Gasteiger partial charge on any atom is 0.266 e. The molecule has 0 atom stereocenters. The number of para-hydroxylation sites is 1. The molecule has 0 saturated heterocycles. The lowest BCUT2D eigenvalue weighted by Crippen LogP contribution is -2.25. The molecule has 0 fully saturated rings. The number of carbonyl (C=O) groups excluding carboxylic acids is 1. The molecule has 0 aliphatic carbocycles. The van der Waals surface area contributed by atoms with E-state index in [0.717, 1.165) is 5.39 Å². The standard InChI is InChI=1S/C21H17NO4/c1-13-19(25-2)18-20(26-13)15-10-6-7-11-16(15)22(21(18)24)12-17(23)14-8-4-3-5-9-14/h3-11H,12H2,1-2H3. The van der Waals surface area contributed by atoms with Gasteiger partial charge >= 0.3 is 0 Å². The summed E-state index contributed by atoms with van der Waals surface area (Å²) in [5, 5.41) is 1.14. The number of methoxy groups -OCH3 is 1. The molecule has 26 heavy (non-hydrogen) atoms. The topological polar surface area (TPSA) is 61.4 Å². The summed E-state index contributed by atoms with van der Waals surface area (Å²) in [6.07, 6.45) is 0. The van der Waals surface area contributed by atoms with Crippen molar-refractivity contribution in [2.45, 2.75) is 13.5 Å². The summed E-state index contributed by atoms with van der Waals surface area (Å²) in [5.41, 5.74) is 1.42. The van der Waals surface area contributed by atoms with Crippen LogP contribution in [0.4, 0.5) is 0 Å². The molecule has 4 rings (SSSR count). The van der Waals surface area contributed by atoms with E-state index >= 15 is 0 Å². The number of Topliss-reactive ketones (excluding diaryl/α,β-unsaturated/α-hetero) is 1. The zero-order valence-electron chi connectivity index (χ0n) is 14.5. The quantitative estimate of drug-likeness (QED) is 0.525. The number of hydrogen-bond acceptors (Lipinski definition) is 4. The van der Waals surface area contributed by atoms with Crippen LogP contribution in [0.1, 0.15) is 16.1 Å². The van der Waals surface area contributed by atoms with Gasteiger partial charge < -0.3 is 9.15 Å². The summed E-state index contributed by atoms with van der Waals surface area (Å²) in [6.45, 7) is 1.71. The molecule has 130 valence electrons. The summed E-state index contributed by atoms with van der Waals surface area (Å²) < 4.78 is 12.7. The number of pyridine rings is 1. The van der Waals surface area contributed by atoms with E-state index in [1.54, 1.807) is 31.2 Å². The number of benzene rings is 2. The predicted octanol–water partition coefficient (Wildman–Crippen LogP) is 3.95. The van der Waals surface area contributed by atoms with Gasteiger partial charge in [0, 0.05) is 10.9 Å². The molecule has 0 bridgehead atoms. The van der Waals surface area contributed by atoms with Gasteiger partial charge in [0.05, 0.1) is 19.2 Å². The van der Waals surface area contributed by atoms with Gasteiger partial charge in [-0.2, -0.15) is 0 Å². The average Bonchev–Trinajstić information content (AvgIpc) is 3.02. The number of rotatable bonds is 4. The first kappa shape index (κ1) is 16.1. The number of aryl methyl sites for hydroxylation is 1. The van der Waals surface area contributed by atoms with E-state index < -0.39 is 0 Å². The maximum atomic E-state index is 13.2. The molecule has 0 N–H and O–H groups in total. The lowest BCUT2D eigenvalue weighted by atomic mass is 10.1. The smallest absolute Gasteiger partial charge is 0.266 e. The molecule has 0 spiro atoms. The van der Waals surface area contributed by atoms with Crippen molar-refractivity contribution in [3.05, 3.63) is 76.3 Å². The zero-order valence-corrected chi connectivity index (χ0v) is 14.5.